The van der Waals surface area contributed by atoms with Crippen LogP contribution < -0.4 is 5.32 Å². The van der Waals surface area contributed by atoms with E-state index in [9.17, 15) is 0 Å². The van der Waals surface area contributed by atoms with E-state index in [0.717, 1.165) is 24.6 Å². The van der Waals surface area contributed by atoms with Gasteiger partial charge < -0.3 is 5.32 Å². The fraction of sp³-hybridized carbons (Fsp3) is 0.714. The second-order valence-corrected chi connectivity index (χ2v) is 5.49. The van der Waals surface area contributed by atoms with Crippen LogP contribution in [0.4, 0.5) is 0 Å². The van der Waals surface area contributed by atoms with Crippen LogP contribution in [0.5, 0.6) is 0 Å². The number of aryl methyl sites for hydroxylation is 1. The van der Waals surface area contributed by atoms with Gasteiger partial charge in [-0.05, 0) is 32.4 Å². The van der Waals surface area contributed by atoms with Crippen molar-refractivity contribution in [2.75, 3.05) is 13.1 Å². The lowest BCUT2D eigenvalue weighted by atomic mass is 10.0. The highest BCUT2D eigenvalue weighted by Crippen LogP contribution is 2.13. The summed E-state index contributed by atoms with van der Waals surface area (Å²) in [5, 5.41) is 3.63. The largest absolute Gasteiger partial charge is 0.311 e. The zero-order valence-corrected chi connectivity index (χ0v) is 11.7. The van der Waals surface area contributed by atoms with Gasteiger partial charge in [0.2, 0.25) is 0 Å². The quantitative estimate of drug-likeness (QED) is 0.881. The van der Waals surface area contributed by atoms with Crippen molar-refractivity contribution in [2.24, 2.45) is 0 Å². The Bertz CT molecular complexity index is 378. The van der Waals surface area contributed by atoms with Gasteiger partial charge in [0.1, 0.15) is 5.82 Å². The molecule has 1 N–H and O–H groups in total. The Morgan fingerprint density at radius 3 is 3.06 bits per heavy atom. The van der Waals surface area contributed by atoms with Crippen molar-refractivity contribution in [2.45, 2.75) is 52.2 Å². The summed E-state index contributed by atoms with van der Waals surface area (Å²) in [6, 6.07) is 3.21. The van der Waals surface area contributed by atoms with Crippen LogP contribution in [-0.4, -0.2) is 40.0 Å². The first-order chi connectivity index (χ1) is 8.63. The number of nitrogens with one attached hydrogen (secondary N) is 1. The van der Waals surface area contributed by atoms with Crippen molar-refractivity contribution < 1.29 is 0 Å². The van der Waals surface area contributed by atoms with Crippen LogP contribution in [0.2, 0.25) is 0 Å². The van der Waals surface area contributed by atoms with E-state index in [1.54, 1.807) is 0 Å². The Morgan fingerprint density at radius 1 is 1.50 bits per heavy atom. The van der Waals surface area contributed by atoms with E-state index >= 15 is 0 Å². The molecule has 1 aromatic heterocycles. The lowest BCUT2D eigenvalue weighted by Crippen LogP contribution is -2.47. The molecule has 2 rings (SSSR count). The van der Waals surface area contributed by atoms with Crippen molar-refractivity contribution in [3.63, 3.8) is 0 Å². The average molecular weight is 248 g/mol. The van der Waals surface area contributed by atoms with Gasteiger partial charge in [0.05, 0.1) is 5.69 Å². The summed E-state index contributed by atoms with van der Waals surface area (Å²) >= 11 is 0. The Kier molecular flexibility index (Phi) is 4.66. The van der Waals surface area contributed by atoms with E-state index < -0.39 is 0 Å². The third kappa shape index (κ3) is 4.03. The highest BCUT2D eigenvalue weighted by Gasteiger charge is 2.20. The zero-order valence-electron chi connectivity index (χ0n) is 11.7. The molecule has 100 valence electrons. The van der Waals surface area contributed by atoms with Gasteiger partial charge in [-0.15, -0.1) is 0 Å². The Hall–Kier alpha value is -1.00. The van der Waals surface area contributed by atoms with Gasteiger partial charge in [0.25, 0.3) is 0 Å². The maximum absolute atomic E-state index is 4.48. The highest BCUT2D eigenvalue weighted by atomic mass is 15.2. The molecule has 1 atom stereocenters. The first-order valence-corrected chi connectivity index (χ1v) is 6.90. The minimum Gasteiger partial charge on any atom is -0.311 e. The van der Waals surface area contributed by atoms with Gasteiger partial charge in [-0.25, -0.2) is 9.97 Å². The summed E-state index contributed by atoms with van der Waals surface area (Å²) in [4.78, 5) is 11.1. The predicted octanol–water partition coefficient (Wildman–Crippen LogP) is 1.75. The molecule has 1 aromatic rings. The van der Waals surface area contributed by atoms with Crippen LogP contribution in [0.25, 0.3) is 0 Å². The third-order valence-electron chi connectivity index (χ3n) is 3.29. The molecule has 2 heterocycles. The van der Waals surface area contributed by atoms with Crippen LogP contribution in [-0.2, 0) is 6.54 Å². The van der Waals surface area contributed by atoms with E-state index in [-0.39, 0.29) is 0 Å². The van der Waals surface area contributed by atoms with E-state index in [1.807, 2.05) is 19.2 Å². The van der Waals surface area contributed by atoms with Crippen LogP contribution in [0.1, 0.15) is 38.2 Å². The maximum Gasteiger partial charge on any atom is 0.125 e. The summed E-state index contributed by atoms with van der Waals surface area (Å²) in [7, 11) is 0. The minimum atomic E-state index is 0.566. The molecular weight excluding hydrogens is 224 g/mol. The van der Waals surface area contributed by atoms with Gasteiger partial charge in [0.15, 0.2) is 0 Å². The van der Waals surface area contributed by atoms with E-state index in [2.05, 4.69) is 34.0 Å². The molecule has 1 fully saturated rings. The molecule has 1 saturated heterocycles. The average Bonchev–Trinajstić information content (AvgIpc) is 2.28. The molecule has 0 aliphatic carbocycles. The smallest absolute Gasteiger partial charge is 0.125 e. The first-order valence-electron chi connectivity index (χ1n) is 6.90. The molecule has 0 aromatic carbocycles. The second kappa shape index (κ2) is 6.25. The van der Waals surface area contributed by atoms with Crippen molar-refractivity contribution in [1.82, 2.24) is 20.2 Å². The number of hydrogen-bond acceptors (Lipinski definition) is 4. The first kappa shape index (κ1) is 13.4. The summed E-state index contributed by atoms with van der Waals surface area (Å²) in [5.74, 6) is 0.862. The minimum absolute atomic E-state index is 0.566. The van der Waals surface area contributed by atoms with Gasteiger partial charge in [0, 0.05) is 31.4 Å². The van der Waals surface area contributed by atoms with Crippen molar-refractivity contribution in [1.29, 1.82) is 0 Å². The van der Waals surface area contributed by atoms with Gasteiger partial charge >= 0.3 is 0 Å². The molecule has 18 heavy (non-hydrogen) atoms. The Labute approximate surface area is 110 Å². The maximum atomic E-state index is 4.48. The van der Waals surface area contributed by atoms with Gasteiger partial charge in [-0.2, -0.15) is 0 Å². The third-order valence-corrected chi connectivity index (χ3v) is 3.29. The molecular formula is C14H24N4. The zero-order chi connectivity index (χ0) is 13.0. The fourth-order valence-electron chi connectivity index (χ4n) is 2.63. The number of hydrogen-bond donors (Lipinski definition) is 1. The highest BCUT2D eigenvalue weighted by molar-refractivity contribution is 5.01. The molecule has 4 heteroatoms. The number of rotatable bonds is 4. The molecule has 1 aliphatic rings. The normalized spacial score (nSPS) is 21.4. The van der Waals surface area contributed by atoms with Gasteiger partial charge in [-0.1, -0.05) is 13.8 Å². The molecule has 0 saturated carbocycles. The molecule has 0 bridgehead atoms. The van der Waals surface area contributed by atoms with Crippen LogP contribution in [0, 0.1) is 6.92 Å². The van der Waals surface area contributed by atoms with Crippen LogP contribution >= 0.6 is 0 Å². The van der Waals surface area contributed by atoms with Crippen LogP contribution in [0.15, 0.2) is 12.3 Å². The Balaban J connectivity index is 1.89. The molecule has 1 unspecified atom stereocenters. The number of piperidine rings is 1. The van der Waals surface area contributed by atoms with E-state index in [4.69, 9.17) is 0 Å². The summed E-state index contributed by atoms with van der Waals surface area (Å²) in [5.41, 5.74) is 1.13. The SMILES string of the molecule is Cc1nccc(CN2CCCC(NC(C)C)C2)n1. The van der Waals surface area contributed by atoms with E-state index in [1.165, 1.54) is 19.4 Å². The summed E-state index contributed by atoms with van der Waals surface area (Å²) in [6.45, 7) is 9.63. The monoisotopic (exact) mass is 248 g/mol. The van der Waals surface area contributed by atoms with E-state index in [0.29, 0.717) is 12.1 Å². The molecule has 4 nitrogen and oxygen atoms in total. The topological polar surface area (TPSA) is 41.1 Å². The van der Waals surface area contributed by atoms with Crippen molar-refractivity contribution in [3.05, 3.63) is 23.8 Å². The standard InChI is InChI=1S/C14H24N4/c1-11(2)16-13-5-4-8-18(9-13)10-14-6-7-15-12(3)17-14/h6-7,11,13,16H,4-5,8-10H2,1-3H3. The summed E-state index contributed by atoms with van der Waals surface area (Å²) < 4.78 is 0. The molecule has 0 amide bonds. The summed E-state index contributed by atoms with van der Waals surface area (Å²) in [6.07, 6.45) is 4.41. The number of aromatic nitrogens is 2. The predicted molar refractivity (Wildman–Crippen MR) is 73.3 cm³/mol. The number of nitrogens with zero attached hydrogens (tertiary/aromatic N) is 3. The van der Waals surface area contributed by atoms with Crippen molar-refractivity contribution in [3.8, 4) is 0 Å². The number of likely N-dealkylation sites (tertiary alicyclic amines) is 1. The van der Waals surface area contributed by atoms with Crippen molar-refractivity contribution >= 4 is 0 Å². The lowest BCUT2D eigenvalue weighted by molar-refractivity contribution is 0.177. The van der Waals surface area contributed by atoms with Gasteiger partial charge in [-0.3, -0.25) is 4.90 Å². The lowest BCUT2D eigenvalue weighted by Gasteiger charge is -2.34. The fourth-order valence-corrected chi connectivity index (χ4v) is 2.63. The van der Waals surface area contributed by atoms with Crippen LogP contribution in [0.3, 0.4) is 0 Å². The second-order valence-electron chi connectivity index (χ2n) is 5.49. The molecule has 0 spiro atoms. The molecule has 1 aliphatic heterocycles. The molecule has 0 radical (unpaired) electrons. The Morgan fingerprint density at radius 2 is 2.33 bits per heavy atom.